The maximum Gasteiger partial charge on any atom is 0.260 e. The molecule has 1 fully saturated rings. The molecule has 2 heterocycles. The van der Waals surface area contributed by atoms with Gasteiger partial charge < -0.3 is 24.0 Å². The van der Waals surface area contributed by atoms with Gasteiger partial charge in [-0.3, -0.25) is 4.79 Å². The van der Waals surface area contributed by atoms with Crippen molar-refractivity contribution in [3.63, 3.8) is 0 Å². The average Bonchev–Trinajstić information content (AvgIpc) is 2.88. The first-order chi connectivity index (χ1) is 16.1. The van der Waals surface area contributed by atoms with Crippen LogP contribution in [-0.4, -0.2) is 68.0 Å². The van der Waals surface area contributed by atoms with E-state index in [9.17, 15) is 9.18 Å². The number of carbonyl (C=O) groups is 1. The van der Waals surface area contributed by atoms with E-state index in [1.165, 1.54) is 24.3 Å². The molecule has 1 aromatic heterocycles. The van der Waals surface area contributed by atoms with Crippen molar-refractivity contribution >= 4 is 11.7 Å². The van der Waals surface area contributed by atoms with E-state index < -0.39 is 0 Å². The maximum absolute atomic E-state index is 13.0. The first-order valence-electron chi connectivity index (χ1n) is 10.5. The molecule has 3 aromatic rings. The Kier molecular flexibility index (Phi) is 6.87. The number of hydrogen-bond donors (Lipinski definition) is 0. The van der Waals surface area contributed by atoms with Crippen LogP contribution in [0.25, 0.3) is 11.3 Å². The normalized spacial score (nSPS) is 13.5. The highest BCUT2D eigenvalue weighted by Crippen LogP contribution is 2.31. The zero-order valence-corrected chi connectivity index (χ0v) is 18.5. The standard InChI is InChI=1S/C24H25FN4O4/c1-31-21-9-3-17(15-22(21)32-2)20-8-10-23(27-26-20)28-11-13-29(14-12-28)24(30)16-33-19-6-4-18(25)5-7-19/h3-10,15H,11-14,16H2,1-2H3. The summed E-state index contributed by atoms with van der Waals surface area (Å²) in [6, 6.07) is 15.1. The highest BCUT2D eigenvalue weighted by atomic mass is 19.1. The second kappa shape index (κ2) is 10.2. The molecule has 2 aromatic carbocycles. The smallest absolute Gasteiger partial charge is 0.260 e. The fourth-order valence-electron chi connectivity index (χ4n) is 3.60. The number of methoxy groups -OCH3 is 2. The van der Waals surface area contributed by atoms with E-state index in [2.05, 4.69) is 15.1 Å². The first kappa shape index (κ1) is 22.3. The zero-order valence-electron chi connectivity index (χ0n) is 18.5. The Labute approximate surface area is 191 Å². The monoisotopic (exact) mass is 452 g/mol. The van der Waals surface area contributed by atoms with Gasteiger partial charge in [-0.25, -0.2) is 4.39 Å². The number of hydrogen-bond acceptors (Lipinski definition) is 7. The van der Waals surface area contributed by atoms with Crippen LogP contribution in [0.5, 0.6) is 17.2 Å². The number of nitrogens with zero attached hydrogens (tertiary/aromatic N) is 4. The van der Waals surface area contributed by atoms with Crippen molar-refractivity contribution < 1.29 is 23.4 Å². The number of piperazine rings is 1. The molecule has 0 spiro atoms. The van der Waals surface area contributed by atoms with Crippen LogP contribution in [0.1, 0.15) is 0 Å². The van der Waals surface area contributed by atoms with Crippen molar-refractivity contribution in [2.45, 2.75) is 0 Å². The molecule has 0 saturated carbocycles. The molecule has 0 aliphatic carbocycles. The summed E-state index contributed by atoms with van der Waals surface area (Å²) in [5.41, 5.74) is 1.61. The molecular weight excluding hydrogens is 427 g/mol. The van der Waals surface area contributed by atoms with Gasteiger partial charge in [0.1, 0.15) is 11.6 Å². The van der Waals surface area contributed by atoms with E-state index in [1.807, 2.05) is 30.3 Å². The Morgan fingerprint density at radius 2 is 1.64 bits per heavy atom. The summed E-state index contributed by atoms with van der Waals surface area (Å²) in [6.45, 7) is 2.33. The predicted molar refractivity (Wildman–Crippen MR) is 121 cm³/mol. The summed E-state index contributed by atoms with van der Waals surface area (Å²) in [7, 11) is 3.19. The molecule has 0 bridgehead atoms. The third-order valence-corrected chi connectivity index (χ3v) is 5.46. The lowest BCUT2D eigenvalue weighted by Gasteiger charge is -2.35. The Hall–Kier alpha value is -3.88. The zero-order chi connectivity index (χ0) is 23.2. The molecular formula is C24H25FN4O4. The fraction of sp³-hybridized carbons (Fsp3) is 0.292. The van der Waals surface area contributed by atoms with E-state index in [4.69, 9.17) is 14.2 Å². The van der Waals surface area contributed by atoms with Crippen LogP contribution in [0.3, 0.4) is 0 Å². The van der Waals surface area contributed by atoms with Crippen LogP contribution < -0.4 is 19.1 Å². The summed E-state index contributed by atoms with van der Waals surface area (Å²) in [5, 5.41) is 8.74. The molecule has 1 aliphatic rings. The van der Waals surface area contributed by atoms with Crippen LogP contribution in [0.2, 0.25) is 0 Å². The molecule has 1 aliphatic heterocycles. The maximum atomic E-state index is 13.0. The van der Waals surface area contributed by atoms with Crippen molar-refractivity contribution in [3.8, 4) is 28.5 Å². The second-order valence-corrected chi connectivity index (χ2v) is 7.46. The first-order valence-corrected chi connectivity index (χ1v) is 10.5. The summed E-state index contributed by atoms with van der Waals surface area (Å²) in [6.07, 6.45) is 0. The minimum atomic E-state index is -0.343. The number of anilines is 1. The van der Waals surface area contributed by atoms with Crippen molar-refractivity contribution in [1.82, 2.24) is 15.1 Å². The number of amides is 1. The van der Waals surface area contributed by atoms with Gasteiger partial charge in [-0.15, -0.1) is 10.2 Å². The average molecular weight is 452 g/mol. The van der Waals surface area contributed by atoms with Gasteiger partial charge in [0.15, 0.2) is 23.9 Å². The highest BCUT2D eigenvalue weighted by molar-refractivity contribution is 5.78. The lowest BCUT2D eigenvalue weighted by atomic mass is 10.1. The highest BCUT2D eigenvalue weighted by Gasteiger charge is 2.22. The Bertz CT molecular complexity index is 1080. The molecule has 0 atom stereocenters. The van der Waals surface area contributed by atoms with E-state index in [0.29, 0.717) is 43.4 Å². The molecule has 8 nitrogen and oxygen atoms in total. The van der Waals surface area contributed by atoms with Crippen molar-refractivity contribution in [2.24, 2.45) is 0 Å². The van der Waals surface area contributed by atoms with E-state index in [-0.39, 0.29) is 18.3 Å². The quantitative estimate of drug-likeness (QED) is 0.545. The lowest BCUT2D eigenvalue weighted by molar-refractivity contribution is -0.133. The molecule has 172 valence electrons. The predicted octanol–water partition coefficient (Wildman–Crippen LogP) is 3.03. The van der Waals surface area contributed by atoms with Gasteiger partial charge in [0.05, 0.1) is 19.9 Å². The molecule has 0 unspecified atom stereocenters. The lowest BCUT2D eigenvalue weighted by Crippen LogP contribution is -2.50. The van der Waals surface area contributed by atoms with Gasteiger partial charge >= 0.3 is 0 Å². The third-order valence-electron chi connectivity index (χ3n) is 5.46. The Morgan fingerprint density at radius 1 is 0.909 bits per heavy atom. The second-order valence-electron chi connectivity index (χ2n) is 7.46. The van der Waals surface area contributed by atoms with Crippen LogP contribution in [0, 0.1) is 5.82 Å². The number of aromatic nitrogens is 2. The molecule has 4 rings (SSSR count). The van der Waals surface area contributed by atoms with Gasteiger partial charge in [0, 0.05) is 31.7 Å². The number of halogens is 1. The van der Waals surface area contributed by atoms with Crippen molar-refractivity contribution in [1.29, 1.82) is 0 Å². The van der Waals surface area contributed by atoms with Crippen LogP contribution in [0.4, 0.5) is 10.2 Å². The Balaban J connectivity index is 1.31. The summed E-state index contributed by atoms with van der Waals surface area (Å²) in [4.78, 5) is 16.3. The van der Waals surface area contributed by atoms with Crippen LogP contribution in [-0.2, 0) is 4.79 Å². The summed E-state index contributed by atoms with van der Waals surface area (Å²) >= 11 is 0. The van der Waals surface area contributed by atoms with Gasteiger partial charge in [0.25, 0.3) is 5.91 Å². The number of ether oxygens (including phenoxy) is 3. The van der Waals surface area contributed by atoms with Gasteiger partial charge in [-0.1, -0.05) is 0 Å². The van der Waals surface area contributed by atoms with Gasteiger partial charge in [-0.2, -0.15) is 0 Å². The van der Waals surface area contributed by atoms with Crippen molar-refractivity contribution in [2.75, 3.05) is 51.9 Å². The number of carbonyl (C=O) groups excluding carboxylic acids is 1. The number of rotatable bonds is 7. The molecule has 0 N–H and O–H groups in total. The third kappa shape index (κ3) is 5.31. The molecule has 1 saturated heterocycles. The topological polar surface area (TPSA) is 77.0 Å². The Morgan fingerprint density at radius 3 is 2.27 bits per heavy atom. The molecule has 1 amide bonds. The summed E-state index contributed by atoms with van der Waals surface area (Å²) < 4.78 is 29.1. The SMILES string of the molecule is COc1ccc(-c2ccc(N3CCN(C(=O)COc4ccc(F)cc4)CC3)nn2)cc1OC. The van der Waals surface area contributed by atoms with Crippen LogP contribution >= 0.6 is 0 Å². The summed E-state index contributed by atoms with van der Waals surface area (Å²) in [5.74, 6) is 2.06. The van der Waals surface area contributed by atoms with Crippen molar-refractivity contribution in [3.05, 3.63) is 60.4 Å². The van der Waals surface area contributed by atoms with Gasteiger partial charge in [0.2, 0.25) is 0 Å². The molecule has 0 radical (unpaired) electrons. The minimum Gasteiger partial charge on any atom is -0.493 e. The van der Waals surface area contributed by atoms with E-state index in [1.54, 1.807) is 19.1 Å². The molecule has 9 heteroatoms. The molecule has 33 heavy (non-hydrogen) atoms. The minimum absolute atomic E-state index is 0.0779. The van der Waals surface area contributed by atoms with Gasteiger partial charge in [-0.05, 0) is 54.6 Å². The van der Waals surface area contributed by atoms with E-state index >= 15 is 0 Å². The van der Waals surface area contributed by atoms with E-state index in [0.717, 1.165) is 17.1 Å². The largest absolute Gasteiger partial charge is 0.493 e. The van der Waals surface area contributed by atoms with Crippen LogP contribution in [0.15, 0.2) is 54.6 Å². The fourth-order valence-corrected chi connectivity index (χ4v) is 3.60. The number of benzene rings is 2.